The van der Waals surface area contributed by atoms with Crippen molar-refractivity contribution in [2.45, 2.75) is 64.7 Å². The van der Waals surface area contributed by atoms with E-state index in [9.17, 15) is 4.79 Å². The summed E-state index contributed by atoms with van der Waals surface area (Å²) in [6, 6.07) is 0. The summed E-state index contributed by atoms with van der Waals surface area (Å²) in [7, 11) is 1.87. The molecular weight excluding hydrogens is 212 g/mol. The SMILES string of the molecule is CCCCCCCCCCNC(=O)CCNC. The van der Waals surface area contributed by atoms with E-state index in [2.05, 4.69) is 17.6 Å². The van der Waals surface area contributed by atoms with Crippen molar-refractivity contribution < 1.29 is 4.79 Å². The summed E-state index contributed by atoms with van der Waals surface area (Å²) in [6.45, 7) is 3.86. The molecule has 0 heterocycles. The molecule has 3 heteroatoms. The average molecular weight is 242 g/mol. The number of unbranched alkanes of at least 4 members (excludes halogenated alkanes) is 7. The van der Waals surface area contributed by atoms with Crippen molar-refractivity contribution in [1.29, 1.82) is 0 Å². The summed E-state index contributed by atoms with van der Waals surface area (Å²) in [5.41, 5.74) is 0. The van der Waals surface area contributed by atoms with Crippen LogP contribution >= 0.6 is 0 Å². The van der Waals surface area contributed by atoms with Gasteiger partial charge in [0.05, 0.1) is 0 Å². The minimum Gasteiger partial charge on any atom is -0.356 e. The summed E-state index contributed by atoms with van der Waals surface area (Å²) >= 11 is 0. The molecule has 0 unspecified atom stereocenters. The molecule has 0 fully saturated rings. The van der Waals surface area contributed by atoms with E-state index in [1.807, 2.05) is 7.05 Å². The Morgan fingerprint density at radius 1 is 0.882 bits per heavy atom. The zero-order chi connectivity index (χ0) is 12.8. The van der Waals surface area contributed by atoms with Gasteiger partial charge in [0.25, 0.3) is 0 Å². The summed E-state index contributed by atoms with van der Waals surface area (Å²) in [5, 5.41) is 5.92. The topological polar surface area (TPSA) is 41.1 Å². The van der Waals surface area contributed by atoms with Crippen LogP contribution < -0.4 is 10.6 Å². The predicted molar refractivity (Wildman–Crippen MR) is 74.2 cm³/mol. The Kier molecular flexibility index (Phi) is 13.0. The Labute approximate surface area is 107 Å². The highest BCUT2D eigenvalue weighted by atomic mass is 16.1. The van der Waals surface area contributed by atoms with Crippen LogP contribution in [0.2, 0.25) is 0 Å². The van der Waals surface area contributed by atoms with Crippen LogP contribution in [-0.2, 0) is 4.79 Å². The van der Waals surface area contributed by atoms with Crippen LogP contribution in [0.5, 0.6) is 0 Å². The van der Waals surface area contributed by atoms with Gasteiger partial charge in [-0.2, -0.15) is 0 Å². The van der Waals surface area contributed by atoms with Gasteiger partial charge in [0.15, 0.2) is 0 Å². The molecule has 102 valence electrons. The fraction of sp³-hybridized carbons (Fsp3) is 0.929. The molecule has 0 saturated carbocycles. The smallest absolute Gasteiger partial charge is 0.221 e. The Hall–Kier alpha value is -0.570. The van der Waals surface area contributed by atoms with E-state index in [0.717, 1.165) is 19.5 Å². The summed E-state index contributed by atoms with van der Waals surface area (Å²) in [4.78, 5) is 11.3. The van der Waals surface area contributed by atoms with Crippen LogP contribution in [0.3, 0.4) is 0 Å². The van der Waals surface area contributed by atoms with Crippen LogP contribution in [0.15, 0.2) is 0 Å². The number of nitrogens with one attached hydrogen (secondary N) is 2. The van der Waals surface area contributed by atoms with Crippen molar-refractivity contribution in [2.75, 3.05) is 20.1 Å². The maximum absolute atomic E-state index is 11.3. The lowest BCUT2D eigenvalue weighted by Crippen LogP contribution is -2.27. The Morgan fingerprint density at radius 2 is 1.47 bits per heavy atom. The standard InChI is InChI=1S/C14H30N2O/c1-3-4-5-6-7-8-9-10-12-16-14(17)11-13-15-2/h15H,3-13H2,1-2H3,(H,16,17). The molecule has 17 heavy (non-hydrogen) atoms. The van der Waals surface area contributed by atoms with Crippen LogP contribution in [0, 0.1) is 0 Å². The van der Waals surface area contributed by atoms with Crippen molar-refractivity contribution in [3.05, 3.63) is 0 Å². The molecule has 0 rings (SSSR count). The molecule has 0 spiro atoms. The van der Waals surface area contributed by atoms with E-state index in [0.29, 0.717) is 6.42 Å². The lowest BCUT2D eigenvalue weighted by Gasteiger charge is -2.05. The molecule has 2 N–H and O–H groups in total. The second kappa shape index (κ2) is 13.5. The van der Waals surface area contributed by atoms with Gasteiger partial charge in [0.1, 0.15) is 0 Å². The molecule has 0 radical (unpaired) electrons. The summed E-state index contributed by atoms with van der Waals surface area (Å²) in [5.74, 6) is 0.169. The molecule has 0 aromatic rings. The van der Waals surface area contributed by atoms with E-state index in [1.165, 1.54) is 44.9 Å². The van der Waals surface area contributed by atoms with E-state index in [1.54, 1.807) is 0 Å². The summed E-state index contributed by atoms with van der Waals surface area (Å²) in [6.07, 6.45) is 11.1. The molecular formula is C14H30N2O. The number of carbonyl (C=O) groups is 1. The highest BCUT2D eigenvalue weighted by Gasteiger charge is 1.98. The zero-order valence-corrected chi connectivity index (χ0v) is 11.7. The molecule has 3 nitrogen and oxygen atoms in total. The first-order chi connectivity index (χ1) is 8.31. The molecule has 0 aromatic carbocycles. The second-order valence-corrected chi connectivity index (χ2v) is 4.68. The lowest BCUT2D eigenvalue weighted by molar-refractivity contribution is -0.120. The van der Waals surface area contributed by atoms with Gasteiger partial charge in [-0.15, -0.1) is 0 Å². The molecule has 1 amide bonds. The quantitative estimate of drug-likeness (QED) is 0.517. The number of amides is 1. The molecule has 0 aliphatic carbocycles. The number of rotatable bonds is 12. The van der Waals surface area contributed by atoms with Crippen LogP contribution in [0.25, 0.3) is 0 Å². The number of carbonyl (C=O) groups excluding carboxylic acids is 1. The molecule has 0 atom stereocenters. The van der Waals surface area contributed by atoms with Gasteiger partial charge < -0.3 is 10.6 Å². The molecule has 0 aliphatic heterocycles. The maximum Gasteiger partial charge on any atom is 0.221 e. The highest BCUT2D eigenvalue weighted by Crippen LogP contribution is 2.07. The number of hydrogen-bond donors (Lipinski definition) is 2. The first-order valence-corrected chi connectivity index (χ1v) is 7.22. The van der Waals surface area contributed by atoms with Crippen LogP contribution in [-0.4, -0.2) is 26.0 Å². The highest BCUT2D eigenvalue weighted by molar-refractivity contribution is 5.75. The van der Waals surface area contributed by atoms with Crippen molar-refractivity contribution >= 4 is 5.91 Å². The van der Waals surface area contributed by atoms with E-state index >= 15 is 0 Å². The maximum atomic E-state index is 11.3. The van der Waals surface area contributed by atoms with Gasteiger partial charge in [-0.25, -0.2) is 0 Å². The molecule has 0 saturated heterocycles. The predicted octanol–water partition coefficient (Wildman–Crippen LogP) is 2.85. The van der Waals surface area contributed by atoms with Gasteiger partial charge in [-0.1, -0.05) is 51.9 Å². The van der Waals surface area contributed by atoms with Crippen molar-refractivity contribution in [3.8, 4) is 0 Å². The van der Waals surface area contributed by atoms with Crippen molar-refractivity contribution in [3.63, 3.8) is 0 Å². The normalized spacial score (nSPS) is 10.5. The first-order valence-electron chi connectivity index (χ1n) is 7.22. The molecule has 0 aliphatic rings. The number of hydrogen-bond acceptors (Lipinski definition) is 2. The third-order valence-electron chi connectivity index (χ3n) is 2.95. The Bertz CT molecular complexity index is 172. The van der Waals surface area contributed by atoms with Gasteiger partial charge in [0, 0.05) is 19.5 Å². The van der Waals surface area contributed by atoms with Crippen LogP contribution in [0.4, 0.5) is 0 Å². The van der Waals surface area contributed by atoms with E-state index in [4.69, 9.17) is 0 Å². The minimum absolute atomic E-state index is 0.169. The lowest BCUT2D eigenvalue weighted by atomic mass is 10.1. The minimum atomic E-state index is 0.169. The van der Waals surface area contributed by atoms with E-state index < -0.39 is 0 Å². The average Bonchev–Trinajstić information content (AvgIpc) is 2.34. The second-order valence-electron chi connectivity index (χ2n) is 4.68. The van der Waals surface area contributed by atoms with Gasteiger partial charge in [0.2, 0.25) is 5.91 Å². The monoisotopic (exact) mass is 242 g/mol. The zero-order valence-electron chi connectivity index (χ0n) is 11.7. The Morgan fingerprint density at radius 3 is 2.06 bits per heavy atom. The van der Waals surface area contributed by atoms with Gasteiger partial charge in [-0.05, 0) is 13.5 Å². The molecule has 0 aromatic heterocycles. The van der Waals surface area contributed by atoms with Gasteiger partial charge >= 0.3 is 0 Å². The van der Waals surface area contributed by atoms with Crippen molar-refractivity contribution in [1.82, 2.24) is 10.6 Å². The Balaban J connectivity index is 3.05. The largest absolute Gasteiger partial charge is 0.356 e. The van der Waals surface area contributed by atoms with Crippen LogP contribution in [0.1, 0.15) is 64.7 Å². The third-order valence-corrected chi connectivity index (χ3v) is 2.95. The fourth-order valence-corrected chi connectivity index (χ4v) is 1.81. The summed E-state index contributed by atoms with van der Waals surface area (Å²) < 4.78 is 0. The molecule has 0 bridgehead atoms. The van der Waals surface area contributed by atoms with Crippen molar-refractivity contribution in [2.24, 2.45) is 0 Å². The van der Waals surface area contributed by atoms with E-state index in [-0.39, 0.29) is 5.91 Å². The first kappa shape index (κ1) is 16.4. The van der Waals surface area contributed by atoms with Gasteiger partial charge in [-0.3, -0.25) is 4.79 Å². The third kappa shape index (κ3) is 13.4. The fourth-order valence-electron chi connectivity index (χ4n) is 1.81.